The molecule has 0 spiro atoms. The summed E-state index contributed by atoms with van der Waals surface area (Å²) in [6, 6.07) is 8.12. The molecule has 0 atom stereocenters. The first kappa shape index (κ1) is 20.9. The van der Waals surface area contributed by atoms with Crippen LogP contribution in [-0.2, 0) is 9.53 Å². The zero-order chi connectivity index (χ0) is 21.6. The van der Waals surface area contributed by atoms with Crippen LogP contribution < -0.4 is 10.6 Å². The smallest absolute Gasteiger partial charge is 0.246 e. The highest BCUT2D eigenvalue weighted by atomic mass is 16.5. The third kappa shape index (κ3) is 4.86. The molecule has 8 heteroatoms. The van der Waals surface area contributed by atoms with Gasteiger partial charge in [0, 0.05) is 56.2 Å². The van der Waals surface area contributed by atoms with E-state index in [1.54, 1.807) is 6.08 Å². The molecular weight excluding hydrogens is 392 g/mol. The number of hydrogen-bond donors (Lipinski definition) is 2. The number of hydrogen-bond acceptors (Lipinski definition) is 6. The van der Waals surface area contributed by atoms with E-state index in [0.717, 1.165) is 40.9 Å². The van der Waals surface area contributed by atoms with Crippen LogP contribution in [0.4, 0.5) is 11.8 Å². The normalized spacial score (nSPS) is 14.3. The molecule has 1 fully saturated rings. The van der Waals surface area contributed by atoms with E-state index in [-0.39, 0.29) is 5.91 Å². The molecule has 1 aromatic carbocycles. The number of amides is 1. The average Bonchev–Trinajstić information content (AvgIpc) is 3.30. The van der Waals surface area contributed by atoms with Crippen LogP contribution in [0.15, 0.2) is 42.7 Å². The summed E-state index contributed by atoms with van der Waals surface area (Å²) in [5.74, 6) is 1.44. The Bertz CT molecular complexity index is 1080. The van der Waals surface area contributed by atoms with Crippen molar-refractivity contribution in [2.24, 2.45) is 0 Å². The van der Waals surface area contributed by atoms with Gasteiger partial charge < -0.3 is 24.8 Å². The summed E-state index contributed by atoms with van der Waals surface area (Å²) in [5.41, 5.74) is 2.82. The van der Waals surface area contributed by atoms with Gasteiger partial charge in [0.2, 0.25) is 11.9 Å². The number of carbonyl (C=O) groups is 1. The van der Waals surface area contributed by atoms with Crippen LogP contribution >= 0.6 is 0 Å². The number of carbonyl (C=O) groups excluding carboxylic acids is 1. The first-order valence-electron chi connectivity index (χ1n) is 10.6. The highest BCUT2D eigenvalue weighted by Crippen LogP contribution is 2.25. The maximum Gasteiger partial charge on any atom is 0.246 e. The molecular formula is C23H28N6O2. The molecule has 8 nitrogen and oxygen atoms in total. The van der Waals surface area contributed by atoms with E-state index in [9.17, 15) is 4.79 Å². The van der Waals surface area contributed by atoms with Gasteiger partial charge in [0.15, 0.2) is 0 Å². The Morgan fingerprint density at radius 3 is 2.84 bits per heavy atom. The van der Waals surface area contributed by atoms with Gasteiger partial charge in [-0.3, -0.25) is 4.79 Å². The van der Waals surface area contributed by atoms with E-state index < -0.39 is 0 Å². The number of rotatable bonds is 7. The first-order chi connectivity index (χ1) is 15.2. The molecule has 3 aromatic rings. The molecule has 0 bridgehead atoms. The summed E-state index contributed by atoms with van der Waals surface area (Å²) in [4.78, 5) is 23.3. The van der Waals surface area contributed by atoms with Gasteiger partial charge in [0.05, 0.1) is 18.7 Å². The molecule has 0 unspecified atom stereocenters. The summed E-state index contributed by atoms with van der Waals surface area (Å²) in [6.07, 6.45) is 8.48. The van der Waals surface area contributed by atoms with Crippen molar-refractivity contribution >= 4 is 34.7 Å². The highest BCUT2D eigenvalue weighted by molar-refractivity contribution is 5.92. The maximum absolute atomic E-state index is 12.3. The fourth-order valence-corrected chi connectivity index (χ4v) is 3.50. The maximum atomic E-state index is 12.3. The summed E-state index contributed by atoms with van der Waals surface area (Å²) in [7, 11) is 1.82. The molecule has 2 aromatic heterocycles. The van der Waals surface area contributed by atoms with Gasteiger partial charge in [0.1, 0.15) is 5.82 Å². The van der Waals surface area contributed by atoms with Crippen LogP contribution in [0.1, 0.15) is 18.9 Å². The highest BCUT2D eigenvalue weighted by Gasteiger charge is 2.14. The van der Waals surface area contributed by atoms with Crippen molar-refractivity contribution in [2.75, 3.05) is 50.5 Å². The predicted molar refractivity (Wildman–Crippen MR) is 124 cm³/mol. The van der Waals surface area contributed by atoms with E-state index in [1.807, 2.05) is 59.2 Å². The molecule has 1 aliphatic rings. The van der Waals surface area contributed by atoms with Gasteiger partial charge in [0.25, 0.3) is 0 Å². The van der Waals surface area contributed by atoms with Crippen molar-refractivity contribution in [1.29, 1.82) is 0 Å². The zero-order valence-electron chi connectivity index (χ0n) is 18.0. The second-order valence-corrected chi connectivity index (χ2v) is 7.40. The predicted octanol–water partition coefficient (Wildman–Crippen LogP) is 3.16. The van der Waals surface area contributed by atoms with Gasteiger partial charge >= 0.3 is 0 Å². The SMILES string of the molecule is CCCNc1nc(NC)nc2cc(-n3ccc(/C=C/C(=O)N4CCOCC4)c3)ccc12. The Hall–Kier alpha value is -3.39. The molecule has 4 rings (SSSR count). The summed E-state index contributed by atoms with van der Waals surface area (Å²) >= 11 is 0. The minimum absolute atomic E-state index is 0.0187. The van der Waals surface area contributed by atoms with Gasteiger partial charge in [-0.05, 0) is 42.3 Å². The number of benzene rings is 1. The zero-order valence-corrected chi connectivity index (χ0v) is 18.0. The Morgan fingerprint density at radius 1 is 1.23 bits per heavy atom. The Balaban J connectivity index is 1.55. The summed E-state index contributed by atoms with van der Waals surface area (Å²) in [6.45, 7) is 5.48. The van der Waals surface area contributed by atoms with Crippen molar-refractivity contribution in [3.8, 4) is 5.69 Å². The van der Waals surface area contributed by atoms with Crippen LogP contribution in [0.5, 0.6) is 0 Å². The Morgan fingerprint density at radius 2 is 2.06 bits per heavy atom. The van der Waals surface area contributed by atoms with Crippen LogP contribution in [-0.4, -0.2) is 65.2 Å². The van der Waals surface area contributed by atoms with Crippen molar-refractivity contribution in [3.63, 3.8) is 0 Å². The van der Waals surface area contributed by atoms with Gasteiger partial charge in [-0.1, -0.05) is 6.92 Å². The number of ether oxygens (including phenoxy) is 1. The Kier molecular flexibility index (Phi) is 6.47. The molecule has 1 saturated heterocycles. The second kappa shape index (κ2) is 9.61. The number of aromatic nitrogens is 3. The largest absolute Gasteiger partial charge is 0.378 e. The van der Waals surface area contributed by atoms with Gasteiger partial charge in [-0.25, -0.2) is 4.98 Å². The summed E-state index contributed by atoms with van der Waals surface area (Å²) in [5, 5.41) is 7.40. The molecule has 162 valence electrons. The monoisotopic (exact) mass is 420 g/mol. The lowest BCUT2D eigenvalue weighted by molar-refractivity contribution is -0.129. The fourth-order valence-electron chi connectivity index (χ4n) is 3.50. The lowest BCUT2D eigenvalue weighted by Crippen LogP contribution is -2.39. The quantitative estimate of drug-likeness (QED) is 0.571. The minimum atomic E-state index is 0.0187. The Labute approximate surface area is 181 Å². The van der Waals surface area contributed by atoms with Crippen LogP contribution in [0.25, 0.3) is 22.7 Å². The third-order valence-electron chi connectivity index (χ3n) is 5.20. The van der Waals surface area contributed by atoms with Crippen molar-refractivity contribution in [3.05, 3.63) is 48.3 Å². The fraction of sp³-hybridized carbons (Fsp3) is 0.348. The number of morpholine rings is 1. The van der Waals surface area contributed by atoms with Crippen LogP contribution in [0.2, 0.25) is 0 Å². The number of fused-ring (bicyclic) bond motifs is 1. The van der Waals surface area contributed by atoms with Crippen molar-refractivity contribution in [1.82, 2.24) is 19.4 Å². The van der Waals surface area contributed by atoms with Crippen molar-refractivity contribution in [2.45, 2.75) is 13.3 Å². The molecule has 0 saturated carbocycles. The average molecular weight is 421 g/mol. The van der Waals surface area contributed by atoms with Crippen LogP contribution in [0, 0.1) is 0 Å². The molecule has 0 radical (unpaired) electrons. The number of nitrogens with one attached hydrogen (secondary N) is 2. The van der Waals surface area contributed by atoms with E-state index in [0.29, 0.717) is 32.3 Å². The molecule has 31 heavy (non-hydrogen) atoms. The van der Waals surface area contributed by atoms with E-state index in [2.05, 4.69) is 27.5 Å². The van der Waals surface area contributed by atoms with Gasteiger partial charge in [-0.15, -0.1) is 0 Å². The molecule has 1 amide bonds. The molecule has 3 heterocycles. The summed E-state index contributed by atoms with van der Waals surface area (Å²) < 4.78 is 7.32. The van der Waals surface area contributed by atoms with Gasteiger partial charge in [-0.2, -0.15) is 4.98 Å². The van der Waals surface area contributed by atoms with E-state index in [1.165, 1.54) is 0 Å². The van der Waals surface area contributed by atoms with E-state index >= 15 is 0 Å². The third-order valence-corrected chi connectivity index (χ3v) is 5.20. The topological polar surface area (TPSA) is 84.3 Å². The molecule has 2 N–H and O–H groups in total. The lowest BCUT2D eigenvalue weighted by atomic mass is 10.2. The first-order valence-corrected chi connectivity index (χ1v) is 10.6. The van der Waals surface area contributed by atoms with E-state index in [4.69, 9.17) is 4.74 Å². The molecule has 0 aliphatic carbocycles. The van der Waals surface area contributed by atoms with Crippen molar-refractivity contribution < 1.29 is 9.53 Å². The minimum Gasteiger partial charge on any atom is -0.378 e. The molecule has 1 aliphatic heterocycles. The lowest BCUT2D eigenvalue weighted by Gasteiger charge is -2.25. The number of anilines is 2. The van der Waals surface area contributed by atoms with Crippen LogP contribution in [0.3, 0.4) is 0 Å². The number of nitrogens with zero attached hydrogens (tertiary/aromatic N) is 4. The second-order valence-electron chi connectivity index (χ2n) is 7.40. The standard InChI is InChI=1S/C23H28N6O2/c1-3-9-25-22-19-6-5-18(15-20(19)26-23(24-2)27-22)29-10-8-17(16-29)4-7-21(30)28-11-13-31-14-12-28/h4-8,10,15-16H,3,9,11-14H2,1-2H3,(H2,24,25,26,27)/b7-4+.